The second-order valence-electron chi connectivity index (χ2n) is 15.3. The van der Waals surface area contributed by atoms with Crippen molar-refractivity contribution in [2.75, 3.05) is 49.1 Å². The van der Waals surface area contributed by atoms with E-state index < -0.39 is 29.7 Å². The molecule has 14 heteroatoms. The molecule has 3 saturated heterocycles. The van der Waals surface area contributed by atoms with Crippen LogP contribution in [0.25, 0.3) is 0 Å². The number of piperazine rings is 1. The van der Waals surface area contributed by atoms with Crippen LogP contribution in [0.4, 0.5) is 11.4 Å². The number of imide groups is 2. The molecule has 0 bridgehead atoms. The molecule has 2 N–H and O–H groups in total. The van der Waals surface area contributed by atoms with Crippen molar-refractivity contribution in [2.24, 2.45) is 0 Å². The topological polar surface area (TPSA) is 155 Å². The summed E-state index contributed by atoms with van der Waals surface area (Å²) < 4.78 is 6.10. The van der Waals surface area contributed by atoms with Crippen LogP contribution in [-0.2, 0) is 9.59 Å². The van der Waals surface area contributed by atoms with E-state index >= 15 is 0 Å². The maximum atomic E-state index is 13.3. The molecule has 56 heavy (non-hydrogen) atoms. The molecular formula is C42H44ClN7O6. The Kier molecular flexibility index (Phi) is 10.7. The van der Waals surface area contributed by atoms with E-state index in [-0.39, 0.29) is 30.9 Å². The highest BCUT2D eigenvalue weighted by atomic mass is 35.5. The number of nitrogens with zero attached hydrogens (tertiary/aromatic N) is 5. The summed E-state index contributed by atoms with van der Waals surface area (Å²) in [5, 5.41) is 14.9. The van der Waals surface area contributed by atoms with Gasteiger partial charge >= 0.3 is 0 Å². The summed E-state index contributed by atoms with van der Waals surface area (Å²) >= 11 is 6.15. The number of halogens is 1. The molecule has 1 atom stereocenters. The number of nitriles is 1. The second-order valence-corrected chi connectivity index (χ2v) is 15.7. The quantitative estimate of drug-likeness (QED) is 0.312. The first-order valence-corrected chi connectivity index (χ1v) is 19.9. The minimum absolute atomic E-state index is 0.0423. The van der Waals surface area contributed by atoms with Crippen LogP contribution in [0.3, 0.4) is 0 Å². The van der Waals surface area contributed by atoms with E-state index in [1.807, 2.05) is 30.3 Å². The fourth-order valence-electron chi connectivity index (χ4n) is 8.76. The molecule has 1 aliphatic carbocycles. The monoisotopic (exact) mass is 777 g/mol. The molecular weight excluding hydrogens is 734 g/mol. The Morgan fingerprint density at radius 1 is 0.768 bits per heavy atom. The van der Waals surface area contributed by atoms with Gasteiger partial charge in [0.05, 0.1) is 27.8 Å². The summed E-state index contributed by atoms with van der Waals surface area (Å²) in [5.41, 5.74) is 3.67. The van der Waals surface area contributed by atoms with E-state index in [0.717, 1.165) is 94.1 Å². The van der Waals surface area contributed by atoms with Crippen LogP contribution in [0.2, 0.25) is 5.02 Å². The van der Waals surface area contributed by atoms with Crippen molar-refractivity contribution in [3.63, 3.8) is 0 Å². The SMILES string of the molecule is N#Cc1ccc(O[C@H]2CC[C@H](NC(=O)c3ccc(N4CCC(N5CCN(c6ccc7c(c6)C(=O)N(C6CCC(=O)NC6=O)C7=O)CC5)CC4)cc3)CC2)cc1Cl. The lowest BCUT2D eigenvalue weighted by Crippen LogP contribution is -2.54. The first-order valence-electron chi connectivity index (χ1n) is 19.5. The molecule has 290 valence electrons. The number of rotatable bonds is 8. The Morgan fingerprint density at radius 2 is 1.45 bits per heavy atom. The van der Waals surface area contributed by atoms with Gasteiger partial charge < -0.3 is 19.9 Å². The van der Waals surface area contributed by atoms with Crippen LogP contribution < -0.4 is 25.2 Å². The van der Waals surface area contributed by atoms with Crippen molar-refractivity contribution in [2.45, 2.75) is 75.6 Å². The molecule has 3 aromatic carbocycles. The third kappa shape index (κ3) is 7.68. The van der Waals surface area contributed by atoms with E-state index in [2.05, 4.69) is 31.4 Å². The maximum Gasteiger partial charge on any atom is 0.262 e. The van der Waals surface area contributed by atoms with Crippen molar-refractivity contribution in [1.29, 1.82) is 5.26 Å². The van der Waals surface area contributed by atoms with Crippen molar-refractivity contribution in [3.05, 3.63) is 87.9 Å². The van der Waals surface area contributed by atoms with E-state index in [1.54, 1.807) is 30.3 Å². The molecule has 0 radical (unpaired) electrons. The number of nitrogens with one attached hydrogen (secondary N) is 2. The van der Waals surface area contributed by atoms with Crippen LogP contribution in [0, 0.1) is 11.3 Å². The van der Waals surface area contributed by atoms with Crippen LogP contribution in [-0.4, -0.2) is 103 Å². The second kappa shape index (κ2) is 16.0. The lowest BCUT2D eigenvalue weighted by Gasteiger charge is -2.44. The minimum Gasteiger partial charge on any atom is -0.490 e. The summed E-state index contributed by atoms with van der Waals surface area (Å²) in [7, 11) is 0. The molecule has 1 unspecified atom stereocenters. The Labute approximate surface area is 330 Å². The van der Waals surface area contributed by atoms with Gasteiger partial charge in [-0.3, -0.25) is 39.1 Å². The highest BCUT2D eigenvalue weighted by Gasteiger charge is 2.45. The first kappa shape index (κ1) is 37.5. The molecule has 8 rings (SSSR count). The largest absolute Gasteiger partial charge is 0.490 e. The molecule has 0 spiro atoms. The number of amides is 5. The Bertz CT molecular complexity index is 2080. The smallest absolute Gasteiger partial charge is 0.262 e. The summed E-state index contributed by atoms with van der Waals surface area (Å²) in [4.78, 5) is 71.8. The molecule has 4 fully saturated rings. The molecule has 4 heterocycles. The van der Waals surface area contributed by atoms with Gasteiger partial charge in [-0.05, 0) is 99.5 Å². The number of hydrogen-bond acceptors (Lipinski definition) is 10. The zero-order chi connectivity index (χ0) is 38.9. The van der Waals surface area contributed by atoms with Crippen molar-refractivity contribution in [1.82, 2.24) is 20.4 Å². The van der Waals surface area contributed by atoms with Crippen LogP contribution in [0.15, 0.2) is 60.7 Å². The highest BCUT2D eigenvalue weighted by molar-refractivity contribution is 6.31. The average molecular weight is 778 g/mol. The minimum atomic E-state index is -0.975. The van der Waals surface area contributed by atoms with Gasteiger partial charge in [0.15, 0.2) is 0 Å². The summed E-state index contributed by atoms with van der Waals surface area (Å²) in [6.45, 7) is 5.24. The zero-order valence-corrected chi connectivity index (χ0v) is 31.8. The predicted octanol–water partition coefficient (Wildman–Crippen LogP) is 4.52. The van der Waals surface area contributed by atoms with Gasteiger partial charge in [0.25, 0.3) is 17.7 Å². The summed E-state index contributed by atoms with van der Waals surface area (Å²) in [6, 6.07) is 20.0. The normalized spacial score (nSPS) is 23.4. The van der Waals surface area contributed by atoms with Crippen molar-refractivity contribution < 1.29 is 28.7 Å². The molecule has 13 nitrogen and oxygen atoms in total. The van der Waals surface area contributed by atoms with Gasteiger partial charge in [-0.25, -0.2) is 0 Å². The third-order valence-corrected chi connectivity index (χ3v) is 12.3. The molecule has 0 aromatic heterocycles. The van der Waals surface area contributed by atoms with Gasteiger partial charge in [-0.15, -0.1) is 0 Å². The van der Waals surface area contributed by atoms with Gasteiger partial charge in [0.1, 0.15) is 17.9 Å². The average Bonchev–Trinajstić information content (AvgIpc) is 3.46. The number of carbonyl (C=O) groups excluding carboxylic acids is 5. The molecule has 5 aliphatic rings. The number of benzene rings is 3. The van der Waals surface area contributed by atoms with E-state index in [1.165, 1.54) is 0 Å². The lowest BCUT2D eigenvalue weighted by molar-refractivity contribution is -0.136. The number of piperidine rings is 2. The Morgan fingerprint density at radius 3 is 2.12 bits per heavy atom. The Hall–Kier alpha value is -5.45. The first-order chi connectivity index (χ1) is 27.1. The van der Waals surface area contributed by atoms with Gasteiger partial charge in [-0.2, -0.15) is 5.26 Å². The zero-order valence-electron chi connectivity index (χ0n) is 31.0. The number of anilines is 2. The molecule has 1 saturated carbocycles. The molecule has 3 aromatic rings. The standard InChI is InChI=1S/C42H44ClN7O6/c43-36-24-33(9-3-27(36)25-44)56-32-10-4-28(5-11-32)45-39(52)26-1-6-29(7-2-26)47-17-15-30(16-18-47)48-19-21-49(22-20-48)31-8-12-34-35(23-31)42(55)50(41(34)54)37-13-14-38(51)46-40(37)53/h1-3,6-9,12,23-24,28,30,32,37H,4-5,10-11,13-22H2,(H,45,52)(H,46,51,53)/t28-,32-,37?. The number of carbonyl (C=O) groups is 5. The molecule has 5 amide bonds. The number of fused-ring (bicyclic) bond motifs is 1. The number of hydrogen-bond donors (Lipinski definition) is 2. The highest BCUT2D eigenvalue weighted by Crippen LogP contribution is 2.32. The number of ether oxygens (including phenoxy) is 1. The molecule has 4 aliphatic heterocycles. The van der Waals surface area contributed by atoms with Crippen LogP contribution in [0.5, 0.6) is 5.75 Å². The van der Waals surface area contributed by atoms with E-state index in [0.29, 0.717) is 39.1 Å². The van der Waals surface area contributed by atoms with Gasteiger partial charge in [-0.1, -0.05) is 11.6 Å². The lowest BCUT2D eigenvalue weighted by atomic mass is 9.92. The van der Waals surface area contributed by atoms with Crippen LogP contribution in [0.1, 0.15) is 88.0 Å². The van der Waals surface area contributed by atoms with Gasteiger partial charge in [0.2, 0.25) is 11.8 Å². The van der Waals surface area contributed by atoms with E-state index in [4.69, 9.17) is 21.6 Å². The summed E-state index contributed by atoms with van der Waals surface area (Å²) in [5.74, 6) is -1.39. The fraction of sp³-hybridized carbons (Fsp3) is 0.429. The predicted molar refractivity (Wildman–Crippen MR) is 209 cm³/mol. The van der Waals surface area contributed by atoms with E-state index in [9.17, 15) is 24.0 Å². The Balaban J connectivity index is 0.772. The van der Waals surface area contributed by atoms with Crippen LogP contribution >= 0.6 is 11.6 Å². The third-order valence-electron chi connectivity index (χ3n) is 12.0. The van der Waals surface area contributed by atoms with Crippen molar-refractivity contribution in [3.8, 4) is 11.8 Å². The van der Waals surface area contributed by atoms with Gasteiger partial charge in [0, 0.05) is 80.8 Å². The summed E-state index contributed by atoms with van der Waals surface area (Å²) in [6.07, 6.45) is 5.64. The fourth-order valence-corrected chi connectivity index (χ4v) is 8.97. The maximum absolute atomic E-state index is 13.3. The van der Waals surface area contributed by atoms with Crippen molar-refractivity contribution >= 4 is 52.5 Å².